The van der Waals surface area contributed by atoms with Crippen LogP contribution in [-0.4, -0.2) is 50.3 Å². The fourth-order valence-corrected chi connectivity index (χ4v) is 4.76. The zero-order valence-corrected chi connectivity index (χ0v) is 14.4. The fourth-order valence-electron chi connectivity index (χ4n) is 2.85. The molecule has 2 rings (SSSR count). The second kappa shape index (κ2) is 6.65. The summed E-state index contributed by atoms with van der Waals surface area (Å²) in [6.45, 7) is 6.05. The number of sulfonamides is 1. The monoisotopic (exact) mass is 330 g/mol. The second-order valence-electron chi connectivity index (χ2n) is 5.64. The molecule has 118 valence electrons. The average Bonchev–Trinajstić information content (AvgIpc) is 2.46. The zero-order chi connectivity index (χ0) is 15.6. The van der Waals surface area contributed by atoms with Crippen molar-refractivity contribution in [2.45, 2.75) is 37.1 Å². The van der Waals surface area contributed by atoms with E-state index in [0.717, 1.165) is 30.6 Å². The summed E-state index contributed by atoms with van der Waals surface area (Å²) < 4.78 is 27.3. The van der Waals surface area contributed by atoms with Crippen LogP contribution in [0.15, 0.2) is 23.1 Å². The number of rotatable bonds is 4. The highest BCUT2D eigenvalue weighted by atomic mass is 35.5. The van der Waals surface area contributed by atoms with E-state index in [1.54, 1.807) is 16.4 Å². The molecule has 1 heterocycles. The van der Waals surface area contributed by atoms with Crippen molar-refractivity contribution >= 4 is 21.6 Å². The molecule has 0 N–H and O–H groups in total. The van der Waals surface area contributed by atoms with Crippen LogP contribution in [-0.2, 0) is 22.3 Å². The van der Waals surface area contributed by atoms with Gasteiger partial charge in [0.15, 0.2) is 0 Å². The van der Waals surface area contributed by atoms with E-state index in [9.17, 15) is 8.42 Å². The quantitative estimate of drug-likeness (QED) is 0.795. The standard InChI is InChI=1S/C15H23ClN2O2S/c1-4-13-5-6-15(9-14(13)10-16)21(19,20)18-8-7-17(3)11-12(18)2/h5-6,9,12H,4,7-8,10-11H2,1-3H3. The van der Waals surface area contributed by atoms with Gasteiger partial charge in [0.25, 0.3) is 0 Å². The van der Waals surface area contributed by atoms with Crippen LogP contribution in [0.25, 0.3) is 0 Å². The molecule has 0 amide bonds. The summed E-state index contributed by atoms with van der Waals surface area (Å²) in [7, 11) is -1.43. The van der Waals surface area contributed by atoms with Crippen molar-refractivity contribution in [2.24, 2.45) is 0 Å². The Kier molecular flexibility index (Phi) is 5.30. The third-order valence-corrected chi connectivity index (χ3v) is 6.38. The highest BCUT2D eigenvalue weighted by Gasteiger charge is 2.32. The van der Waals surface area contributed by atoms with Gasteiger partial charge in [-0.3, -0.25) is 0 Å². The van der Waals surface area contributed by atoms with Crippen LogP contribution in [0.4, 0.5) is 0 Å². The smallest absolute Gasteiger partial charge is 0.243 e. The maximum Gasteiger partial charge on any atom is 0.243 e. The van der Waals surface area contributed by atoms with E-state index in [1.165, 1.54) is 0 Å². The van der Waals surface area contributed by atoms with Crippen molar-refractivity contribution in [3.05, 3.63) is 29.3 Å². The van der Waals surface area contributed by atoms with Crippen molar-refractivity contribution in [3.63, 3.8) is 0 Å². The maximum absolute atomic E-state index is 12.8. The molecule has 1 aliphatic heterocycles. The predicted octanol–water partition coefficient (Wildman–Crippen LogP) is 2.31. The van der Waals surface area contributed by atoms with Crippen LogP contribution in [0.2, 0.25) is 0 Å². The molecular weight excluding hydrogens is 308 g/mol. The van der Waals surface area contributed by atoms with Gasteiger partial charge in [0, 0.05) is 31.6 Å². The van der Waals surface area contributed by atoms with Crippen molar-refractivity contribution in [1.82, 2.24) is 9.21 Å². The molecule has 4 nitrogen and oxygen atoms in total. The lowest BCUT2D eigenvalue weighted by atomic mass is 10.1. The molecule has 21 heavy (non-hydrogen) atoms. The minimum atomic E-state index is -3.44. The summed E-state index contributed by atoms with van der Waals surface area (Å²) in [4.78, 5) is 2.51. The molecule has 1 saturated heterocycles. The Hall–Kier alpha value is -0.620. The van der Waals surface area contributed by atoms with Crippen LogP contribution in [0.1, 0.15) is 25.0 Å². The molecule has 0 aromatic heterocycles. The van der Waals surface area contributed by atoms with Gasteiger partial charge in [-0.25, -0.2) is 8.42 Å². The van der Waals surface area contributed by atoms with Gasteiger partial charge in [-0.2, -0.15) is 4.31 Å². The Balaban J connectivity index is 2.35. The molecule has 0 radical (unpaired) electrons. The summed E-state index contributed by atoms with van der Waals surface area (Å²) in [6.07, 6.45) is 0.854. The summed E-state index contributed by atoms with van der Waals surface area (Å²) in [5, 5.41) is 0. The largest absolute Gasteiger partial charge is 0.303 e. The van der Waals surface area contributed by atoms with Crippen LogP contribution in [0.5, 0.6) is 0 Å². The zero-order valence-electron chi connectivity index (χ0n) is 12.8. The number of piperazine rings is 1. The Bertz CT molecular complexity index is 604. The maximum atomic E-state index is 12.8. The minimum Gasteiger partial charge on any atom is -0.303 e. The van der Waals surface area contributed by atoms with Gasteiger partial charge in [-0.15, -0.1) is 11.6 Å². The molecule has 0 saturated carbocycles. The number of benzene rings is 1. The van der Waals surface area contributed by atoms with Gasteiger partial charge in [0.2, 0.25) is 10.0 Å². The fraction of sp³-hybridized carbons (Fsp3) is 0.600. The van der Waals surface area contributed by atoms with E-state index in [-0.39, 0.29) is 6.04 Å². The second-order valence-corrected chi connectivity index (χ2v) is 7.80. The number of aryl methyl sites for hydroxylation is 1. The highest BCUT2D eigenvalue weighted by Crippen LogP contribution is 2.24. The Morgan fingerprint density at radius 1 is 1.29 bits per heavy atom. The van der Waals surface area contributed by atoms with E-state index in [4.69, 9.17) is 11.6 Å². The number of nitrogens with zero attached hydrogens (tertiary/aromatic N) is 2. The first-order valence-electron chi connectivity index (χ1n) is 7.28. The lowest BCUT2D eigenvalue weighted by molar-refractivity contribution is 0.170. The molecular formula is C15H23ClN2O2S. The van der Waals surface area contributed by atoms with Gasteiger partial charge in [-0.1, -0.05) is 13.0 Å². The first-order chi connectivity index (χ1) is 9.90. The third kappa shape index (κ3) is 3.42. The highest BCUT2D eigenvalue weighted by molar-refractivity contribution is 7.89. The van der Waals surface area contributed by atoms with Gasteiger partial charge >= 0.3 is 0 Å². The van der Waals surface area contributed by atoms with E-state index >= 15 is 0 Å². The Labute approximate surface area is 132 Å². The lowest BCUT2D eigenvalue weighted by Crippen LogP contribution is -2.52. The van der Waals surface area contributed by atoms with Gasteiger partial charge in [0.1, 0.15) is 0 Å². The molecule has 6 heteroatoms. The molecule has 1 atom stereocenters. The van der Waals surface area contributed by atoms with E-state index in [2.05, 4.69) is 4.90 Å². The van der Waals surface area contributed by atoms with Gasteiger partial charge in [0.05, 0.1) is 4.90 Å². The molecule has 1 unspecified atom stereocenters. The van der Waals surface area contributed by atoms with Crippen LogP contribution >= 0.6 is 11.6 Å². The lowest BCUT2D eigenvalue weighted by Gasteiger charge is -2.37. The van der Waals surface area contributed by atoms with Crippen molar-refractivity contribution in [2.75, 3.05) is 26.7 Å². The minimum absolute atomic E-state index is 0.0148. The first-order valence-corrected chi connectivity index (χ1v) is 9.25. The molecule has 1 fully saturated rings. The first kappa shape index (κ1) is 16.7. The number of hydrogen-bond donors (Lipinski definition) is 0. The Morgan fingerprint density at radius 3 is 2.57 bits per heavy atom. The van der Waals surface area contributed by atoms with Gasteiger partial charge in [-0.05, 0) is 43.7 Å². The van der Waals surface area contributed by atoms with Crippen molar-refractivity contribution in [1.29, 1.82) is 0 Å². The summed E-state index contributed by atoms with van der Waals surface area (Å²) in [5.74, 6) is 0.338. The summed E-state index contributed by atoms with van der Waals surface area (Å²) >= 11 is 5.95. The Morgan fingerprint density at radius 2 is 2.00 bits per heavy atom. The molecule has 1 aliphatic rings. The molecule has 1 aromatic rings. The SMILES string of the molecule is CCc1ccc(S(=O)(=O)N2CCN(C)CC2C)cc1CCl. The molecule has 0 aliphatic carbocycles. The average molecular weight is 331 g/mol. The molecule has 0 spiro atoms. The van der Waals surface area contributed by atoms with E-state index in [1.807, 2.05) is 27.0 Å². The number of alkyl halides is 1. The molecule has 0 bridgehead atoms. The van der Waals surface area contributed by atoms with Gasteiger partial charge < -0.3 is 4.90 Å². The number of halogens is 1. The van der Waals surface area contributed by atoms with Crippen LogP contribution in [0.3, 0.4) is 0 Å². The van der Waals surface area contributed by atoms with E-state index in [0.29, 0.717) is 17.3 Å². The topological polar surface area (TPSA) is 40.6 Å². The van der Waals surface area contributed by atoms with Crippen LogP contribution < -0.4 is 0 Å². The summed E-state index contributed by atoms with van der Waals surface area (Å²) in [5.41, 5.74) is 2.01. The molecule has 1 aromatic carbocycles. The number of hydrogen-bond acceptors (Lipinski definition) is 3. The van der Waals surface area contributed by atoms with Crippen molar-refractivity contribution in [3.8, 4) is 0 Å². The van der Waals surface area contributed by atoms with Crippen LogP contribution in [0, 0.1) is 0 Å². The third-order valence-electron chi connectivity index (χ3n) is 4.08. The predicted molar refractivity (Wildman–Crippen MR) is 86.2 cm³/mol. The normalized spacial score (nSPS) is 21.6. The van der Waals surface area contributed by atoms with Crippen molar-refractivity contribution < 1.29 is 8.42 Å². The summed E-state index contributed by atoms with van der Waals surface area (Å²) in [6, 6.07) is 5.30. The van der Waals surface area contributed by atoms with E-state index < -0.39 is 10.0 Å². The number of likely N-dealkylation sites (N-methyl/N-ethyl adjacent to an activating group) is 1.